The van der Waals surface area contributed by atoms with Crippen LogP contribution in [-0.4, -0.2) is 16.7 Å². The average molecular weight is 209 g/mol. The van der Waals surface area contributed by atoms with E-state index in [2.05, 4.69) is 4.98 Å². The molecule has 0 aliphatic carbocycles. The number of furan rings is 1. The SMILES string of the molecule is Cc1occc1-c1nc(CCO)cs1. The van der Waals surface area contributed by atoms with E-state index in [1.54, 1.807) is 17.6 Å². The standard InChI is InChI=1S/C10H11NO2S/c1-7-9(3-5-13-7)10-11-8(2-4-12)6-14-10/h3,5-6,12H,2,4H2,1H3. The predicted octanol–water partition coefficient (Wildman–Crippen LogP) is 2.25. The van der Waals surface area contributed by atoms with Crippen molar-refractivity contribution < 1.29 is 9.52 Å². The van der Waals surface area contributed by atoms with Crippen LogP contribution in [-0.2, 0) is 6.42 Å². The Labute approximate surface area is 86.0 Å². The lowest BCUT2D eigenvalue weighted by Crippen LogP contribution is -1.90. The molecule has 0 unspecified atom stereocenters. The summed E-state index contributed by atoms with van der Waals surface area (Å²) < 4.78 is 5.21. The van der Waals surface area contributed by atoms with Gasteiger partial charge in [0, 0.05) is 18.4 Å². The third kappa shape index (κ3) is 1.71. The fraction of sp³-hybridized carbons (Fsp3) is 0.300. The lowest BCUT2D eigenvalue weighted by molar-refractivity contribution is 0.298. The Hall–Kier alpha value is -1.13. The van der Waals surface area contributed by atoms with Gasteiger partial charge in [-0.25, -0.2) is 4.98 Å². The number of nitrogens with zero attached hydrogens (tertiary/aromatic N) is 1. The van der Waals surface area contributed by atoms with Crippen LogP contribution >= 0.6 is 11.3 Å². The van der Waals surface area contributed by atoms with Crippen molar-refractivity contribution in [3.8, 4) is 10.6 Å². The van der Waals surface area contributed by atoms with Gasteiger partial charge in [-0.3, -0.25) is 0 Å². The maximum atomic E-state index is 8.76. The first-order chi connectivity index (χ1) is 6.81. The van der Waals surface area contributed by atoms with E-state index in [-0.39, 0.29) is 6.61 Å². The summed E-state index contributed by atoms with van der Waals surface area (Å²) in [6, 6.07) is 1.91. The number of aliphatic hydroxyl groups is 1. The zero-order valence-electron chi connectivity index (χ0n) is 7.86. The Bertz CT molecular complexity index is 419. The highest BCUT2D eigenvalue weighted by Crippen LogP contribution is 2.27. The van der Waals surface area contributed by atoms with E-state index in [9.17, 15) is 0 Å². The smallest absolute Gasteiger partial charge is 0.127 e. The molecule has 3 nitrogen and oxygen atoms in total. The monoisotopic (exact) mass is 209 g/mol. The maximum absolute atomic E-state index is 8.76. The van der Waals surface area contributed by atoms with Gasteiger partial charge >= 0.3 is 0 Å². The number of thiazole rings is 1. The van der Waals surface area contributed by atoms with Crippen LogP contribution in [0.3, 0.4) is 0 Å². The van der Waals surface area contributed by atoms with Crippen LogP contribution < -0.4 is 0 Å². The van der Waals surface area contributed by atoms with Gasteiger partial charge in [0.1, 0.15) is 10.8 Å². The average Bonchev–Trinajstić information content (AvgIpc) is 2.74. The summed E-state index contributed by atoms with van der Waals surface area (Å²) in [4.78, 5) is 4.40. The fourth-order valence-corrected chi connectivity index (χ4v) is 2.19. The van der Waals surface area contributed by atoms with Crippen molar-refractivity contribution in [1.29, 1.82) is 0 Å². The molecule has 2 heterocycles. The molecule has 0 fully saturated rings. The molecule has 1 N–H and O–H groups in total. The first kappa shape index (κ1) is 9.43. The molecule has 0 amide bonds. The van der Waals surface area contributed by atoms with E-state index in [1.807, 2.05) is 18.4 Å². The topological polar surface area (TPSA) is 46.3 Å². The Morgan fingerprint density at radius 1 is 1.57 bits per heavy atom. The van der Waals surface area contributed by atoms with E-state index < -0.39 is 0 Å². The number of aliphatic hydroxyl groups excluding tert-OH is 1. The molecule has 74 valence electrons. The summed E-state index contributed by atoms with van der Waals surface area (Å²) in [5.41, 5.74) is 1.98. The second-order valence-corrected chi connectivity index (χ2v) is 3.87. The van der Waals surface area contributed by atoms with Crippen molar-refractivity contribution >= 4 is 11.3 Å². The van der Waals surface area contributed by atoms with Crippen LogP contribution in [0.1, 0.15) is 11.5 Å². The molecule has 0 spiro atoms. The Balaban J connectivity index is 2.29. The minimum Gasteiger partial charge on any atom is -0.469 e. The van der Waals surface area contributed by atoms with Crippen LogP contribution in [0.15, 0.2) is 22.1 Å². The van der Waals surface area contributed by atoms with E-state index >= 15 is 0 Å². The minimum atomic E-state index is 0.146. The quantitative estimate of drug-likeness (QED) is 0.843. The second-order valence-electron chi connectivity index (χ2n) is 3.01. The molecular formula is C10H11NO2S. The van der Waals surface area contributed by atoms with Gasteiger partial charge in [-0.2, -0.15) is 0 Å². The molecule has 0 saturated heterocycles. The molecule has 0 aromatic carbocycles. The summed E-state index contributed by atoms with van der Waals surface area (Å²) in [5, 5.41) is 11.7. The number of aryl methyl sites for hydroxylation is 1. The van der Waals surface area contributed by atoms with Crippen molar-refractivity contribution in [2.75, 3.05) is 6.61 Å². The van der Waals surface area contributed by atoms with E-state index in [1.165, 1.54) is 0 Å². The van der Waals surface area contributed by atoms with Crippen LogP contribution in [0.5, 0.6) is 0 Å². The van der Waals surface area contributed by atoms with Gasteiger partial charge in [-0.15, -0.1) is 11.3 Å². The number of hydrogen-bond acceptors (Lipinski definition) is 4. The zero-order chi connectivity index (χ0) is 9.97. The molecular weight excluding hydrogens is 198 g/mol. The fourth-order valence-electron chi connectivity index (χ4n) is 1.27. The first-order valence-electron chi connectivity index (χ1n) is 4.41. The Morgan fingerprint density at radius 3 is 3.07 bits per heavy atom. The van der Waals surface area contributed by atoms with Gasteiger partial charge in [0.2, 0.25) is 0 Å². The van der Waals surface area contributed by atoms with E-state index in [0.717, 1.165) is 22.0 Å². The lowest BCUT2D eigenvalue weighted by Gasteiger charge is -1.91. The summed E-state index contributed by atoms with van der Waals surface area (Å²) in [5.74, 6) is 0.884. The summed E-state index contributed by atoms with van der Waals surface area (Å²) >= 11 is 1.58. The highest BCUT2D eigenvalue weighted by molar-refractivity contribution is 7.13. The number of aromatic nitrogens is 1. The summed E-state index contributed by atoms with van der Waals surface area (Å²) in [7, 11) is 0. The van der Waals surface area contributed by atoms with Gasteiger partial charge < -0.3 is 9.52 Å². The number of hydrogen-bond donors (Lipinski definition) is 1. The largest absolute Gasteiger partial charge is 0.469 e. The van der Waals surface area contributed by atoms with Crippen LogP contribution in [0.25, 0.3) is 10.6 Å². The lowest BCUT2D eigenvalue weighted by atomic mass is 10.3. The van der Waals surface area contributed by atoms with Gasteiger partial charge in [-0.05, 0) is 13.0 Å². The molecule has 14 heavy (non-hydrogen) atoms. The van der Waals surface area contributed by atoms with Gasteiger partial charge in [0.15, 0.2) is 0 Å². The van der Waals surface area contributed by atoms with E-state index in [0.29, 0.717) is 6.42 Å². The van der Waals surface area contributed by atoms with Crippen molar-refractivity contribution in [3.63, 3.8) is 0 Å². The number of rotatable bonds is 3. The van der Waals surface area contributed by atoms with Crippen LogP contribution in [0.2, 0.25) is 0 Å². The summed E-state index contributed by atoms with van der Waals surface area (Å²) in [6.45, 7) is 2.07. The van der Waals surface area contributed by atoms with Gasteiger partial charge in [0.05, 0.1) is 17.5 Å². The van der Waals surface area contributed by atoms with Crippen molar-refractivity contribution in [2.24, 2.45) is 0 Å². The Kier molecular flexibility index (Phi) is 2.65. The molecule has 2 aromatic heterocycles. The minimum absolute atomic E-state index is 0.146. The third-order valence-electron chi connectivity index (χ3n) is 2.01. The van der Waals surface area contributed by atoms with E-state index in [4.69, 9.17) is 9.52 Å². The van der Waals surface area contributed by atoms with Crippen molar-refractivity contribution in [3.05, 3.63) is 29.2 Å². The predicted molar refractivity (Wildman–Crippen MR) is 55.3 cm³/mol. The normalized spacial score (nSPS) is 10.7. The molecule has 0 aliphatic heterocycles. The molecule has 2 aromatic rings. The molecule has 0 saturated carbocycles. The zero-order valence-corrected chi connectivity index (χ0v) is 8.67. The Morgan fingerprint density at radius 2 is 2.43 bits per heavy atom. The van der Waals surface area contributed by atoms with Crippen molar-refractivity contribution in [2.45, 2.75) is 13.3 Å². The first-order valence-corrected chi connectivity index (χ1v) is 5.29. The summed E-state index contributed by atoms with van der Waals surface area (Å²) in [6.07, 6.45) is 2.28. The molecule has 0 bridgehead atoms. The van der Waals surface area contributed by atoms with Crippen molar-refractivity contribution in [1.82, 2.24) is 4.98 Å². The second kappa shape index (κ2) is 3.94. The molecule has 4 heteroatoms. The molecule has 0 radical (unpaired) electrons. The van der Waals surface area contributed by atoms with Gasteiger partial charge in [0.25, 0.3) is 0 Å². The highest BCUT2D eigenvalue weighted by atomic mass is 32.1. The molecule has 2 rings (SSSR count). The molecule has 0 atom stereocenters. The maximum Gasteiger partial charge on any atom is 0.127 e. The van der Waals surface area contributed by atoms with Crippen LogP contribution in [0.4, 0.5) is 0 Å². The van der Waals surface area contributed by atoms with Crippen LogP contribution in [0, 0.1) is 6.92 Å². The highest BCUT2D eigenvalue weighted by Gasteiger charge is 2.08. The molecule has 0 aliphatic rings. The van der Waals surface area contributed by atoms with Gasteiger partial charge in [-0.1, -0.05) is 0 Å². The third-order valence-corrected chi connectivity index (χ3v) is 2.93.